The maximum Gasteiger partial charge on any atom is 0.330 e. The van der Waals surface area contributed by atoms with Gasteiger partial charge in [0.25, 0.3) is 5.56 Å². The average Bonchev–Trinajstić information content (AvgIpc) is 2.34. The van der Waals surface area contributed by atoms with Crippen molar-refractivity contribution in [3.05, 3.63) is 32.1 Å². The van der Waals surface area contributed by atoms with Crippen molar-refractivity contribution in [2.24, 2.45) is 14.1 Å². The Morgan fingerprint density at radius 3 is 2.39 bits per heavy atom. The Hall–Kier alpha value is -1.85. The molecule has 1 rings (SSSR count). The van der Waals surface area contributed by atoms with E-state index in [9.17, 15) is 14.4 Å². The molecule has 0 aliphatic carbocycles. The Kier molecular flexibility index (Phi) is 4.47. The molecule has 0 aliphatic heterocycles. The Bertz CT molecular complexity index is 569. The van der Waals surface area contributed by atoms with Crippen LogP contribution in [0.4, 0.5) is 0 Å². The van der Waals surface area contributed by atoms with Crippen LogP contribution >= 0.6 is 0 Å². The summed E-state index contributed by atoms with van der Waals surface area (Å²) >= 11 is 0. The highest BCUT2D eigenvalue weighted by molar-refractivity contribution is 5.69. The highest BCUT2D eigenvalue weighted by atomic mass is 16.5. The fourth-order valence-corrected chi connectivity index (χ4v) is 1.76. The lowest BCUT2D eigenvalue weighted by Gasteiger charge is -2.11. The summed E-state index contributed by atoms with van der Waals surface area (Å²) in [7, 11) is 3.03. The van der Waals surface area contributed by atoms with Crippen LogP contribution in [0.5, 0.6) is 0 Å². The van der Waals surface area contributed by atoms with Crippen LogP contribution in [0.25, 0.3) is 0 Å². The minimum Gasteiger partial charge on any atom is -0.466 e. The molecule has 0 atom stereocenters. The fraction of sp³-hybridized carbons (Fsp3) is 0.583. The number of hydrogen-bond donors (Lipinski definition) is 0. The van der Waals surface area contributed by atoms with Crippen molar-refractivity contribution in [1.29, 1.82) is 0 Å². The molecule has 0 spiro atoms. The van der Waals surface area contributed by atoms with E-state index in [-0.39, 0.29) is 30.1 Å². The van der Waals surface area contributed by atoms with E-state index in [1.54, 1.807) is 20.9 Å². The normalized spacial score (nSPS) is 10.4. The van der Waals surface area contributed by atoms with Gasteiger partial charge in [-0.2, -0.15) is 0 Å². The van der Waals surface area contributed by atoms with Gasteiger partial charge in [0.2, 0.25) is 0 Å². The molecule has 0 unspecified atom stereocenters. The number of nitrogens with zero attached hydrogens (tertiary/aromatic N) is 2. The fourth-order valence-electron chi connectivity index (χ4n) is 1.76. The summed E-state index contributed by atoms with van der Waals surface area (Å²) < 4.78 is 7.26. The number of esters is 1. The standard InChI is InChI=1S/C12H18N2O4/c1-5-18-10(15)7-6-9-8(2)13(3)12(17)14(4)11(9)16/h5-7H2,1-4H3. The van der Waals surface area contributed by atoms with Gasteiger partial charge in [-0.1, -0.05) is 0 Å². The van der Waals surface area contributed by atoms with Crippen molar-refractivity contribution in [3.8, 4) is 0 Å². The van der Waals surface area contributed by atoms with Crippen molar-refractivity contribution in [3.63, 3.8) is 0 Å². The van der Waals surface area contributed by atoms with E-state index in [1.165, 1.54) is 11.6 Å². The second-order valence-electron chi connectivity index (χ2n) is 4.07. The first-order chi connectivity index (χ1) is 8.40. The SMILES string of the molecule is CCOC(=O)CCc1c(C)n(C)c(=O)n(C)c1=O. The maximum atomic E-state index is 11.9. The molecular formula is C12H18N2O4. The van der Waals surface area contributed by atoms with Crippen LogP contribution in [0, 0.1) is 6.92 Å². The number of ether oxygens (including phenoxy) is 1. The van der Waals surface area contributed by atoms with Crippen molar-refractivity contribution < 1.29 is 9.53 Å². The van der Waals surface area contributed by atoms with Gasteiger partial charge in [-0.15, -0.1) is 0 Å². The van der Waals surface area contributed by atoms with Crippen LogP contribution in [0.1, 0.15) is 24.6 Å². The first-order valence-electron chi connectivity index (χ1n) is 5.81. The zero-order valence-corrected chi connectivity index (χ0v) is 11.1. The molecule has 0 amide bonds. The molecule has 0 saturated carbocycles. The molecule has 1 aromatic heterocycles. The van der Waals surface area contributed by atoms with Gasteiger partial charge in [-0.3, -0.25) is 14.2 Å². The molecule has 0 N–H and O–H groups in total. The van der Waals surface area contributed by atoms with Gasteiger partial charge < -0.3 is 9.30 Å². The first kappa shape index (κ1) is 14.2. The highest BCUT2D eigenvalue weighted by Gasteiger charge is 2.13. The number of aromatic nitrogens is 2. The summed E-state index contributed by atoms with van der Waals surface area (Å²) in [5, 5.41) is 0. The maximum absolute atomic E-state index is 11.9. The van der Waals surface area contributed by atoms with Gasteiger partial charge in [-0.25, -0.2) is 4.79 Å². The van der Waals surface area contributed by atoms with E-state index < -0.39 is 0 Å². The molecule has 100 valence electrons. The zero-order valence-electron chi connectivity index (χ0n) is 11.1. The summed E-state index contributed by atoms with van der Waals surface area (Å²) in [4.78, 5) is 34.8. The summed E-state index contributed by atoms with van der Waals surface area (Å²) in [6.45, 7) is 3.75. The predicted octanol–water partition coefficient (Wildman–Crippen LogP) is -0.112. The van der Waals surface area contributed by atoms with Crippen LogP contribution in [0.3, 0.4) is 0 Å². The second kappa shape index (κ2) is 5.66. The van der Waals surface area contributed by atoms with Crippen molar-refractivity contribution >= 4 is 5.97 Å². The molecular weight excluding hydrogens is 236 g/mol. The first-order valence-corrected chi connectivity index (χ1v) is 5.81. The highest BCUT2D eigenvalue weighted by Crippen LogP contribution is 2.03. The minimum absolute atomic E-state index is 0.141. The average molecular weight is 254 g/mol. The van der Waals surface area contributed by atoms with E-state index in [4.69, 9.17) is 4.74 Å². The summed E-state index contributed by atoms with van der Waals surface area (Å²) in [5.74, 6) is -0.340. The molecule has 18 heavy (non-hydrogen) atoms. The Morgan fingerprint density at radius 1 is 1.22 bits per heavy atom. The Morgan fingerprint density at radius 2 is 1.83 bits per heavy atom. The minimum atomic E-state index is -0.364. The molecule has 0 aromatic carbocycles. The van der Waals surface area contributed by atoms with Crippen LogP contribution in [0.15, 0.2) is 9.59 Å². The summed E-state index contributed by atoms with van der Waals surface area (Å²) in [6.07, 6.45) is 0.424. The van der Waals surface area contributed by atoms with Crippen molar-refractivity contribution in [1.82, 2.24) is 9.13 Å². The lowest BCUT2D eigenvalue weighted by molar-refractivity contribution is -0.143. The molecule has 0 fully saturated rings. The number of carbonyl (C=O) groups excluding carboxylic acids is 1. The smallest absolute Gasteiger partial charge is 0.330 e. The molecule has 6 nitrogen and oxygen atoms in total. The van der Waals surface area contributed by atoms with Crippen LogP contribution in [-0.2, 0) is 30.0 Å². The van der Waals surface area contributed by atoms with E-state index in [2.05, 4.69) is 0 Å². The largest absolute Gasteiger partial charge is 0.466 e. The van der Waals surface area contributed by atoms with Crippen LogP contribution < -0.4 is 11.2 Å². The van der Waals surface area contributed by atoms with Gasteiger partial charge in [0.05, 0.1) is 6.61 Å². The third-order valence-electron chi connectivity index (χ3n) is 2.96. The number of carbonyl (C=O) groups is 1. The third kappa shape index (κ3) is 2.69. The lowest BCUT2D eigenvalue weighted by atomic mass is 10.1. The third-order valence-corrected chi connectivity index (χ3v) is 2.96. The summed E-state index contributed by atoms with van der Waals surface area (Å²) in [6, 6.07) is 0. The van der Waals surface area contributed by atoms with Gasteiger partial charge >= 0.3 is 11.7 Å². The number of rotatable bonds is 4. The van der Waals surface area contributed by atoms with Gasteiger partial charge in [0, 0.05) is 31.8 Å². The molecule has 0 bridgehead atoms. The van der Waals surface area contributed by atoms with Gasteiger partial charge in [-0.05, 0) is 20.3 Å². The van der Waals surface area contributed by atoms with E-state index in [0.29, 0.717) is 17.9 Å². The Labute approximate surface area is 105 Å². The zero-order chi connectivity index (χ0) is 13.9. The topological polar surface area (TPSA) is 70.3 Å². The molecule has 0 aliphatic rings. The molecule has 0 radical (unpaired) electrons. The van der Waals surface area contributed by atoms with Gasteiger partial charge in [0.15, 0.2) is 0 Å². The van der Waals surface area contributed by atoms with E-state index in [0.717, 1.165) is 4.57 Å². The van der Waals surface area contributed by atoms with Crippen molar-refractivity contribution in [2.45, 2.75) is 26.7 Å². The molecule has 6 heteroatoms. The lowest BCUT2D eigenvalue weighted by Crippen LogP contribution is -2.40. The molecule has 1 aromatic rings. The van der Waals surface area contributed by atoms with Crippen molar-refractivity contribution in [2.75, 3.05) is 6.61 Å². The Balaban J connectivity index is 3.08. The van der Waals surface area contributed by atoms with Gasteiger partial charge in [0.1, 0.15) is 0 Å². The van der Waals surface area contributed by atoms with Crippen LogP contribution in [-0.4, -0.2) is 21.7 Å². The predicted molar refractivity (Wildman–Crippen MR) is 66.6 cm³/mol. The van der Waals surface area contributed by atoms with E-state index >= 15 is 0 Å². The monoisotopic (exact) mass is 254 g/mol. The van der Waals surface area contributed by atoms with E-state index in [1.807, 2.05) is 0 Å². The molecule has 1 heterocycles. The van der Waals surface area contributed by atoms with Crippen LogP contribution in [0.2, 0.25) is 0 Å². The molecule has 0 saturated heterocycles. The second-order valence-corrected chi connectivity index (χ2v) is 4.07. The summed E-state index contributed by atoms with van der Waals surface area (Å²) in [5.41, 5.74) is 0.359. The quantitative estimate of drug-likeness (QED) is 0.703. The number of hydrogen-bond acceptors (Lipinski definition) is 4.